The van der Waals surface area contributed by atoms with E-state index in [9.17, 15) is 14.6 Å². The van der Waals surface area contributed by atoms with Crippen LogP contribution in [-0.4, -0.2) is 33.1 Å². The Morgan fingerprint density at radius 3 is 2.38 bits per heavy atom. The fourth-order valence-corrected chi connectivity index (χ4v) is 1.41. The third kappa shape index (κ3) is 2.99. The van der Waals surface area contributed by atoms with E-state index in [1.807, 2.05) is 0 Å². The van der Waals surface area contributed by atoms with Crippen molar-refractivity contribution in [1.29, 1.82) is 0 Å². The molecule has 5 heteroatoms. The van der Waals surface area contributed by atoms with Crippen LogP contribution in [0.4, 0.5) is 4.39 Å². The average molecular weight is 230 g/mol. The predicted octanol–water partition coefficient (Wildman–Crippen LogP) is 0.0947. The van der Waals surface area contributed by atoms with Gasteiger partial charge in [0.05, 0.1) is 12.7 Å². The quantitative estimate of drug-likeness (QED) is 0.578. The first-order valence-corrected chi connectivity index (χ1v) is 4.96. The van der Waals surface area contributed by atoms with Gasteiger partial charge in [-0.2, -0.15) is 0 Å². The molecule has 4 N–H and O–H groups in total. The van der Waals surface area contributed by atoms with Crippen molar-refractivity contribution in [1.82, 2.24) is 0 Å². The van der Waals surface area contributed by atoms with E-state index in [2.05, 4.69) is 0 Å². The van der Waals surface area contributed by atoms with Crippen LogP contribution in [0.1, 0.15) is 23.7 Å². The standard InChI is InChI=1S/C11H15FO4/c12-9-5-7(6-14)1-2-8(9)11(16)10(15)3-4-13/h1-2,5,10-11,13-16H,3-4,6H2. The molecule has 0 aliphatic rings. The molecule has 0 fully saturated rings. The van der Waals surface area contributed by atoms with E-state index in [1.54, 1.807) is 0 Å². The van der Waals surface area contributed by atoms with Gasteiger partial charge in [0.15, 0.2) is 0 Å². The van der Waals surface area contributed by atoms with E-state index < -0.39 is 18.0 Å². The molecule has 2 atom stereocenters. The molecule has 2 unspecified atom stereocenters. The van der Waals surface area contributed by atoms with Crippen molar-refractivity contribution in [3.63, 3.8) is 0 Å². The molecule has 90 valence electrons. The summed E-state index contributed by atoms with van der Waals surface area (Å²) in [5, 5.41) is 36.4. The fourth-order valence-electron chi connectivity index (χ4n) is 1.41. The van der Waals surface area contributed by atoms with Crippen molar-refractivity contribution in [2.24, 2.45) is 0 Å². The molecule has 0 saturated heterocycles. The van der Waals surface area contributed by atoms with Crippen LogP contribution in [0.5, 0.6) is 0 Å². The van der Waals surface area contributed by atoms with E-state index in [1.165, 1.54) is 12.1 Å². The molecule has 0 aromatic heterocycles. The monoisotopic (exact) mass is 230 g/mol. The molecule has 0 spiro atoms. The highest BCUT2D eigenvalue weighted by atomic mass is 19.1. The molecule has 0 amide bonds. The van der Waals surface area contributed by atoms with E-state index in [-0.39, 0.29) is 25.2 Å². The summed E-state index contributed by atoms with van der Waals surface area (Å²) < 4.78 is 13.4. The van der Waals surface area contributed by atoms with Gasteiger partial charge in [-0.1, -0.05) is 12.1 Å². The Balaban J connectivity index is 2.87. The number of rotatable bonds is 5. The second kappa shape index (κ2) is 5.91. The van der Waals surface area contributed by atoms with Gasteiger partial charge in [0.25, 0.3) is 0 Å². The van der Waals surface area contributed by atoms with E-state index in [0.29, 0.717) is 5.56 Å². The van der Waals surface area contributed by atoms with Crippen LogP contribution in [0.25, 0.3) is 0 Å². The smallest absolute Gasteiger partial charge is 0.129 e. The Labute approximate surface area is 92.6 Å². The SMILES string of the molecule is OCCC(O)C(O)c1ccc(CO)cc1F. The van der Waals surface area contributed by atoms with Gasteiger partial charge in [-0.3, -0.25) is 0 Å². The lowest BCUT2D eigenvalue weighted by atomic mass is 10.0. The van der Waals surface area contributed by atoms with Crippen LogP contribution in [0.2, 0.25) is 0 Å². The molecular weight excluding hydrogens is 215 g/mol. The fraction of sp³-hybridized carbons (Fsp3) is 0.455. The molecule has 0 radical (unpaired) electrons. The second-order valence-electron chi connectivity index (χ2n) is 3.54. The molecule has 0 aliphatic carbocycles. The molecule has 1 rings (SSSR count). The van der Waals surface area contributed by atoms with Crippen LogP contribution in [0.15, 0.2) is 18.2 Å². The highest BCUT2D eigenvalue weighted by Gasteiger charge is 2.21. The normalized spacial score (nSPS) is 14.8. The van der Waals surface area contributed by atoms with Gasteiger partial charge in [-0.15, -0.1) is 0 Å². The maximum absolute atomic E-state index is 13.4. The van der Waals surface area contributed by atoms with Crippen molar-refractivity contribution in [2.45, 2.75) is 25.2 Å². The summed E-state index contributed by atoms with van der Waals surface area (Å²) in [5.74, 6) is -0.684. The third-order valence-corrected chi connectivity index (χ3v) is 2.36. The van der Waals surface area contributed by atoms with E-state index >= 15 is 0 Å². The number of hydrogen-bond donors (Lipinski definition) is 4. The molecule has 1 aromatic rings. The lowest BCUT2D eigenvalue weighted by Gasteiger charge is -2.18. The van der Waals surface area contributed by atoms with Crippen molar-refractivity contribution in [3.8, 4) is 0 Å². The van der Waals surface area contributed by atoms with Crippen LogP contribution < -0.4 is 0 Å². The summed E-state index contributed by atoms with van der Waals surface area (Å²) in [6.45, 7) is -0.568. The maximum Gasteiger partial charge on any atom is 0.129 e. The van der Waals surface area contributed by atoms with Crippen molar-refractivity contribution >= 4 is 0 Å². The molecule has 4 nitrogen and oxygen atoms in total. The van der Waals surface area contributed by atoms with Gasteiger partial charge in [-0.05, 0) is 18.1 Å². The third-order valence-electron chi connectivity index (χ3n) is 2.36. The summed E-state index contributed by atoms with van der Waals surface area (Å²) in [6.07, 6.45) is -2.61. The average Bonchev–Trinajstić information content (AvgIpc) is 2.28. The van der Waals surface area contributed by atoms with E-state index in [4.69, 9.17) is 10.2 Å². The van der Waals surface area contributed by atoms with Crippen LogP contribution in [0.3, 0.4) is 0 Å². The zero-order valence-electron chi connectivity index (χ0n) is 8.67. The molecule has 0 aliphatic heterocycles. The lowest BCUT2D eigenvalue weighted by Crippen LogP contribution is -2.20. The van der Waals surface area contributed by atoms with E-state index in [0.717, 1.165) is 6.07 Å². The molecule has 0 saturated carbocycles. The summed E-state index contributed by atoms with van der Waals surface area (Å²) in [7, 11) is 0. The van der Waals surface area contributed by atoms with Gasteiger partial charge in [0.1, 0.15) is 11.9 Å². The Bertz CT molecular complexity index is 343. The minimum Gasteiger partial charge on any atom is -0.396 e. The first kappa shape index (κ1) is 13.1. The van der Waals surface area contributed by atoms with Gasteiger partial charge >= 0.3 is 0 Å². The molecule has 16 heavy (non-hydrogen) atoms. The number of hydrogen-bond acceptors (Lipinski definition) is 4. The largest absolute Gasteiger partial charge is 0.396 e. The van der Waals surface area contributed by atoms with Crippen LogP contribution in [-0.2, 0) is 6.61 Å². The highest BCUT2D eigenvalue weighted by molar-refractivity contribution is 5.26. The Morgan fingerprint density at radius 1 is 1.19 bits per heavy atom. The molecular formula is C11H15FO4. The van der Waals surface area contributed by atoms with Crippen LogP contribution in [0, 0.1) is 5.82 Å². The first-order chi connectivity index (χ1) is 7.60. The number of aliphatic hydroxyl groups is 4. The first-order valence-electron chi connectivity index (χ1n) is 4.96. The summed E-state index contributed by atoms with van der Waals surface area (Å²) >= 11 is 0. The molecule has 1 aromatic carbocycles. The zero-order chi connectivity index (χ0) is 12.1. The molecule has 0 bridgehead atoms. The Hall–Kier alpha value is -1.01. The second-order valence-corrected chi connectivity index (χ2v) is 3.54. The van der Waals surface area contributed by atoms with Gasteiger partial charge < -0.3 is 20.4 Å². The number of aliphatic hydroxyl groups excluding tert-OH is 4. The van der Waals surface area contributed by atoms with Gasteiger partial charge in [0.2, 0.25) is 0 Å². The summed E-state index contributed by atoms with van der Waals surface area (Å²) in [6, 6.07) is 3.88. The zero-order valence-corrected chi connectivity index (χ0v) is 8.67. The molecule has 0 heterocycles. The Morgan fingerprint density at radius 2 is 1.88 bits per heavy atom. The summed E-state index contributed by atoms with van der Waals surface area (Å²) in [5.41, 5.74) is 0.350. The Kier molecular flexibility index (Phi) is 4.82. The predicted molar refractivity (Wildman–Crippen MR) is 55.0 cm³/mol. The minimum atomic E-state index is -1.38. The van der Waals surface area contributed by atoms with Gasteiger partial charge in [0, 0.05) is 12.2 Å². The van der Waals surface area contributed by atoms with Crippen LogP contribution >= 0.6 is 0 Å². The van der Waals surface area contributed by atoms with Crippen molar-refractivity contribution in [3.05, 3.63) is 35.1 Å². The lowest BCUT2D eigenvalue weighted by molar-refractivity contribution is 0.00234. The number of halogens is 1. The highest BCUT2D eigenvalue weighted by Crippen LogP contribution is 2.22. The van der Waals surface area contributed by atoms with Crippen molar-refractivity contribution in [2.75, 3.05) is 6.61 Å². The van der Waals surface area contributed by atoms with Gasteiger partial charge in [-0.25, -0.2) is 4.39 Å². The minimum absolute atomic E-state index is 0.0254. The maximum atomic E-state index is 13.4. The topological polar surface area (TPSA) is 80.9 Å². The summed E-state index contributed by atoms with van der Waals surface area (Å²) in [4.78, 5) is 0. The number of benzene rings is 1. The van der Waals surface area contributed by atoms with Crippen molar-refractivity contribution < 1.29 is 24.8 Å².